The van der Waals surface area contributed by atoms with Gasteiger partial charge >= 0.3 is 5.97 Å². The number of hydrogen-bond donors (Lipinski definition) is 0. The number of hydrogen-bond acceptors (Lipinski definition) is 5. The zero-order valence-electron chi connectivity index (χ0n) is 14.1. The van der Waals surface area contributed by atoms with Gasteiger partial charge in [-0.3, -0.25) is 9.59 Å². The molecular formula is C18H23NO5S. The predicted octanol–water partition coefficient (Wildman–Crippen LogP) is 1.72. The zero-order valence-corrected chi connectivity index (χ0v) is 14.9. The van der Waals surface area contributed by atoms with Crippen LogP contribution >= 0.6 is 0 Å². The second-order valence-electron chi connectivity index (χ2n) is 6.79. The molecule has 25 heavy (non-hydrogen) atoms. The minimum Gasteiger partial charge on any atom is -0.447 e. The van der Waals surface area contributed by atoms with E-state index in [1.54, 1.807) is 29.2 Å². The van der Waals surface area contributed by atoms with E-state index in [1.165, 1.54) is 0 Å². The van der Waals surface area contributed by atoms with Gasteiger partial charge in [0.15, 0.2) is 9.84 Å². The lowest BCUT2D eigenvalue weighted by atomic mass is 10.1. The average molecular weight is 365 g/mol. The van der Waals surface area contributed by atoms with Crippen molar-refractivity contribution in [1.29, 1.82) is 0 Å². The molecule has 2 atom stereocenters. The highest BCUT2D eigenvalue weighted by atomic mass is 32.2. The first-order valence-corrected chi connectivity index (χ1v) is 10.5. The molecule has 2 fully saturated rings. The Kier molecular flexibility index (Phi) is 5.42. The molecule has 2 unspecified atom stereocenters. The van der Waals surface area contributed by atoms with Crippen LogP contribution in [0.1, 0.15) is 37.4 Å². The molecule has 7 heteroatoms. The maximum atomic E-state index is 12.8. The first kappa shape index (κ1) is 17.9. The molecular weight excluding hydrogens is 342 g/mol. The lowest BCUT2D eigenvalue weighted by molar-refractivity contribution is -0.161. The third-order valence-corrected chi connectivity index (χ3v) is 6.61. The van der Waals surface area contributed by atoms with Crippen molar-refractivity contribution in [3.05, 3.63) is 35.9 Å². The second kappa shape index (κ2) is 7.56. The van der Waals surface area contributed by atoms with Crippen LogP contribution in [-0.2, 0) is 24.2 Å². The van der Waals surface area contributed by atoms with E-state index < -0.39 is 21.9 Å². The van der Waals surface area contributed by atoms with Gasteiger partial charge in [-0.15, -0.1) is 0 Å². The Morgan fingerprint density at radius 1 is 1.16 bits per heavy atom. The molecule has 0 aromatic heterocycles. The Balaban J connectivity index is 1.69. The fourth-order valence-corrected chi connectivity index (χ4v) is 5.30. The smallest absolute Gasteiger partial charge is 0.307 e. The minimum absolute atomic E-state index is 0.0260. The molecule has 6 nitrogen and oxygen atoms in total. The Hall–Kier alpha value is -1.89. The maximum Gasteiger partial charge on any atom is 0.307 e. The Labute approximate surface area is 148 Å². The number of esters is 1. The van der Waals surface area contributed by atoms with E-state index in [2.05, 4.69) is 0 Å². The molecule has 1 aromatic carbocycles. The van der Waals surface area contributed by atoms with Gasteiger partial charge in [0.25, 0.3) is 5.91 Å². The SMILES string of the molecule is O=C(CC1CCS(=O)(=O)C1)OC(C(=O)N1CCCC1)c1ccccc1. The van der Waals surface area contributed by atoms with Gasteiger partial charge in [-0.1, -0.05) is 30.3 Å². The van der Waals surface area contributed by atoms with Gasteiger partial charge < -0.3 is 9.64 Å². The number of carbonyl (C=O) groups excluding carboxylic acids is 2. The minimum atomic E-state index is -3.03. The highest BCUT2D eigenvalue weighted by molar-refractivity contribution is 7.91. The number of likely N-dealkylation sites (tertiary alicyclic amines) is 1. The molecule has 2 aliphatic rings. The van der Waals surface area contributed by atoms with Gasteiger partial charge in [0.05, 0.1) is 11.5 Å². The standard InChI is InChI=1S/C18H23NO5S/c20-16(12-14-8-11-25(22,23)13-14)24-17(15-6-2-1-3-7-15)18(21)19-9-4-5-10-19/h1-3,6-7,14,17H,4-5,8-13H2. The summed E-state index contributed by atoms with van der Waals surface area (Å²) in [5, 5.41) is 0. The first-order chi connectivity index (χ1) is 11.9. The van der Waals surface area contributed by atoms with Crippen LogP contribution in [0.3, 0.4) is 0 Å². The van der Waals surface area contributed by atoms with Crippen LogP contribution in [0.15, 0.2) is 30.3 Å². The number of nitrogens with zero attached hydrogens (tertiary/aromatic N) is 1. The van der Waals surface area contributed by atoms with E-state index in [4.69, 9.17) is 4.74 Å². The lowest BCUT2D eigenvalue weighted by Gasteiger charge is -2.24. The highest BCUT2D eigenvalue weighted by Gasteiger charge is 2.34. The van der Waals surface area contributed by atoms with Crippen molar-refractivity contribution in [2.45, 2.75) is 31.8 Å². The van der Waals surface area contributed by atoms with Gasteiger partial charge in [-0.25, -0.2) is 8.42 Å². The van der Waals surface area contributed by atoms with Crippen LogP contribution in [0.25, 0.3) is 0 Å². The number of ether oxygens (including phenoxy) is 1. The summed E-state index contributed by atoms with van der Waals surface area (Å²) >= 11 is 0. The van der Waals surface area contributed by atoms with E-state index in [0.29, 0.717) is 25.1 Å². The molecule has 0 saturated carbocycles. The van der Waals surface area contributed by atoms with Gasteiger partial charge in [0.1, 0.15) is 0 Å². The molecule has 0 aliphatic carbocycles. The van der Waals surface area contributed by atoms with Crippen LogP contribution in [0.4, 0.5) is 0 Å². The van der Waals surface area contributed by atoms with Crippen LogP contribution < -0.4 is 0 Å². The molecule has 3 rings (SSSR count). The Morgan fingerprint density at radius 2 is 1.84 bits per heavy atom. The van der Waals surface area contributed by atoms with E-state index >= 15 is 0 Å². The van der Waals surface area contributed by atoms with Gasteiger partial charge in [-0.05, 0) is 25.2 Å². The summed E-state index contributed by atoms with van der Waals surface area (Å²) in [6.07, 6.45) is 1.48. The fraction of sp³-hybridized carbons (Fsp3) is 0.556. The topological polar surface area (TPSA) is 80.7 Å². The van der Waals surface area contributed by atoms with Crippen molar-refractivity contribution < 1.29 is 22.7 Å². The third kappa shape index (κ3) is 4.60. The lowest BCUT2D eigenvalue weighted by Crippen LogP contribution is -2.35. The Morgan fingerprint density at radius 3 is 2.44 bits per heavy atom. The molecule has 1 amide bonds. The first-order valence-electron chi connectivity index (χ1n) is 8.68. The predicted molar refractivity (Wildman–Crippen MR) is 92.5 cm³/mol. The summed E-state index contributed by atoms with van der Waals surface area (Å²) in [7, 11) is -3.03. The van der Waals surface area contributed by atoms with Crippen LogP contribution in [0, 0.1) is 5.92 Å². The van der Waals surface area contributed by atoms with Crippen molar-refractivity contribution in [2.75, 3.05) is 24.6 Å². The van der Waals surface area contributed by atoms with E-state index in [0.717, 1.165) is 12.8 Å². The van der Waals surface area contributed by atoms with E-state index in [1.807, 2.05) is 6.07 Å². The summed E-state index contributed by atoms with van der Waals surface area (Å²) in [6.45, 7) is 1.36. The fourth-order valence-electron chi connectivity index (χ4n) is 3.44. The summed E-state index contributed by atoms with van der Waals surface area (Å²) in [6, 6.07) is 8.98. The highest BCUT2D eigenvalue weighted by Crippen LogP contribution is 2.26. The quantitative estimate of drug-likeness (QED) is 0.742. The van der Waals surface area contributed by atoms with Crippen LogP contribution in [-0.4, -0.2) is 49.8 Å². The molecule has 2 aliphatic heterocycles. The monoisotopic (exact) mass is 365 g/mol. The largest absolute Gasteiger partial charge is 0.447 e. The molecule has 0 N–H and O–H groups in total. The van der Waals surface area contributed by atoms with E-state index in [9.17, 15) is 18.0 Å². The summed E-state index contributed by atoms with van der Waals surface area (Å²) in [5.41, 5.74) is 0.645. The van der Waals surface area contributed by atoms with Crippen LogP contribution in [0.5, 0.6) is 0 Å². The summed E-state index contributed by atoms with van der Waals surface area (Å²) in [5.74, 6) is -0.770. The molecule has 2 saturated heterocycles. The van der Waals surface area contributed by atoms with Gasteiger partial charge in [0.2, 0.25) is 6.10 Å². The van der Waals surface area contributed by atoms with Crippen molar-refractivity contribution in [3.8, 4) is 0 Å². The average Bonchev–Trinajstić information content (AvgIpc) is 3.22. The summed E-state index contributed by atoms with van der Waals surface area (Å²) < 4.78 is 28.6. The van der Waals surface area contributed by atoms with Crippen molar-refractivity contribution in [2.24, 2.45) is 5.92 Å². The van der Waals surface area contributed by atoms with Gasteiger partial charge in [-0.2, -0.15) is 0 Å². The van der Waals surface area contributed by atoms with Crippen molar-refractivity contribution in [3.63, 3.8) is 0 Å². The second-order valence-corrected chi connectivity index (χ2v) is 9.01. The zero-order chi connectivity index (χ0) is 17.9. The molecule has 136 valence electrons. The molecule has 1 aromatic rings. The molecule has 0 bridgehead atoms. The number of benzene rings is 1. The number of sulfone groups is 1. The Bertz CT molecular complexity index is 725. The van der Waals surface area contributed by atoms with Crippen molar-refractivity contribution >= 4 is 21.7 Å². The number of rotatable bonds is 5. The summed E-state index contributed by atoms with van der Waals surface area (Å²) in [4.78, 5) is 26.8. The number of amides is 1. The normalized spacial score (nSPS) is 23.4. The number of carbonyl (C=O) groups is 2. The third-order valence-electron chi connectivity index (χ3n) is 4.78. The van der Waals surface area contributed by atoms with Crippen molar-refractivity contribution in [1.82, 2.24) is 4.90 Å². The molecule has 0 spiro atoms. The van der Waals surface area contributed by atoms with E-state index in [-0.39, 0.29) is 29.8 Å². The van der Waals surface area contributed by atoms with Gasteiger partial charge in [0, 0.05) is 25.1 Å². The molecule has 2 heterocycles. The van der Waals surface area contributed by atoms with Crippen LogP contribution in [0.2, 0.25) is 0 Å². The maximum absolute atomic E-state index is 12.8. The molecule has 0 radical (unpaired) electrons.